The van der Waals surface area contributed by atoms with E-state index in [1.54, 1.807) is 12.1 Å². The lowest BCUT2D eigenvalue weighted by atomic mass is 9.71. The normalized spacial score (nSPS) is 19.7. The Balaban J connectivity index is 0.000000287. The van der Waals surface area contributed by atoms with E-state index in [2.05, 4.69) is 94.2 Å². The molecule has 0 saturated heterocycles. The maximum atomic E-state index is 11.3. The van der Waals surface area contributed by atoms with Crippen LogP contribution >= 0.6 is 0 Å². The first kappa shape index (κ1) is 44.1. The zero-order valence-electron chi connectivity index (χ0n) is 33.3. The summed E-state index contributed by atoms with van der Waals surface area (Å²) in [5.74, 6) is 2.31. The van der Waals surface area contributed by atoms with Crippen LogP contribution in [0.15, 0.2) is 35.4 Å². The monoisotopic (exact) mass is 742 g/mol. The molecule has 9 heteroatoms. The summed E-state index contributed by atoms with van der Waals surface area (Å²) in [6.45, 7) is 17.3. The van der Waals surface area contributed by atoms with Crippen LogP contribution in [-0.2, 0) is 12.8 Å². The van der Waals surface area contributed by atoms with Crippen molar-refractivity contribution in [3.8, 4) is 40.5 Å². The Morgan fingerprint density at radius 1 is 0.759 bits per heavy atom. The van der Waals surface area contributed by atoms with Gasteiger partial charge in [-0.2, -0.15) is 10.5 Å². The minimum absolute atomic E-state index is 0. The van der Waals surface area contributed by atoms with Crippen LogP contribution in [0.1, 0.15) is 167 Å². The van der Waals surface area contributed by atoms with E-state index in [1.807, 2.05) is 0 Å². The lowest BCUT2D eigenvalue weighted by molar-refractivity contribution is 0.303. The summed E-state index contributed by atoms with van der Waals surface area (Å²) in [5.41, 5.74) is 6.27. The first-order valence-electron chi connectivity index (χ1n) is 20.0. The number of phenols is 4. The van der Waals surface area contributed by atoms with Gasteiger partial charge in [0.05, 0.1) is 11.1 Å². The third kappa shape index (κ3) is 10.2. The van der Waals surface area contributed by atoms with Crippen LogP contribution in [0.5, 0.6) is 23.0 Å². The lowest BCUT2D eigenvalue weighted by Crippen LogP contribution is -2.21. The number of aromatic hydroxyl groups is 4. The average molecular weight is 742 g/mol. The lowest BCUT2D eigenvalue weighted by Gasteiger charge is -2.34. The number of H-pyrrole nitrogens is 1. The quantitative estimate of drug-likeness (QED) is 0.0855. The van der Waals surface area contributed by atoms with Crippen molar-refractivity contribution in [2.75, 3.05) is 0 Å². The molecule has 4 atom stereocenters. The van der Waals surface area contributed by atoms with Crippen LogP contribution in [-0.4, -0.2) is 41.1 Å². The molecule has 296 valence electrons. The molecule has 0 aliphatic heterocycles. The van der Waals surface area contributed by atoms with Crippen LogP contribution in [0.25, 0.3) is 11.4 Å². The van der Waals surface area contributed by atoms with Gasteiger partial charge in [-0.1, -0.05) is 98.0 Å². The molecule has 0 saturated carbocycles. The molecule has 2 aliphatic carbocycles. The van der Waals surface area contributed by atoms with Crippen LogP contribution in [0.2, 0.25) is 0 Å². The minimum Gasteiger partial charge on any atom is -0.507 e. The second-order valence-corrected chi connectivity index (χ2v) is 16.1. The summed E-state index contributed by atoms with van der Waals surface area (Å²) in [6.07, 6.45) is 16.4. The number of phenolic OH excluding ortho intramolecular Hbond substituents is 4. The largest absolute Gasteiger partial charge is 0.507 e. The van der Waals surface area contributed by atoms with E-state index in [9.17, 15) is 25.7 Å². The van der Waals surface area contributed by atoms with Gasteiger partial charge in [0.15, 0.2) is 0 Å². The second-order valence-electron chi connectivity index (χ2n) is 16.1. The van der Waals surface area contributed by atoms with Crippen molar-refractivity contribution >= 4 is 0 Å². The Labute approximate surface area is 324 Å². The summed E-state index contributed by atoms with van der Waals surface area (Å²) in [4.78, 5) is 0. The van der Waals surface area contributed by atoms with Gasteiger partial charge in [0.25, 0.3) is 0 Å². The number of nitrogens with one attached hydrogen (secondary N) is 1. The highest BCUT2D eigenvalue weighted by Crippen LogP contribution is 2.51. The van der Waals surface area contributed by atoms with Gasteiger partial charge < -0.3 is 20.4 Å². The molecule has 2 aromatic carbocycles. The van der Waals surface area contributed by atoms with E-state index in [-0.39, 0.29) is 42.3 Å². The van der Waals surface area contributed by atoms with Gasteiger partial charge in [-0.05, 0) is 117 Å². The standard InChI is InChI=1S/C22H32N4O2.C22H31NO2.CH4/c1-5-6-7-8-15-12-18(27)20(21(28)19(15)22-23-25-26-24-22)17-11-14(4)9-10-16(17)13(2)3;1-5-6-7-8-16-12-20(24)21(22(25)19(16)13-23)18-11-15(4)9-10-17(18)14(2)3;/h11-13,16-17,27-28H,5-10H2,1-4H3,(H,23,24,25,26);11-12,14,17-18,24-25H,5-10H2,1-4H3;1H4/t16-,17+;17-,18+;/m00./s1. The van der Waals surface area contributed by atoms with E-state index in [0.29, 0.717) is 58.2 Å². The molecule has 1 heterocycles. The molecule has 54 heavy (non-hydrogen) atoms. The predicted molar refractivity (Wildman–Crippen MR) is 219 cm³/mol. The number of benzene rings is 2. The molecule has 0 spiro atoms. The van der Waals surface area contributed by atoms with Gasteiger partial charge in [0.2, 0.25) is 5.82 Å². The van der Waals surface area contributed by atoms with Gasteiger partial charge in [-0.15, -0.1) is 10.2 Å². The number of unbranched alkanes of at least 4 members (excludes halogenated alkanes) is 4. The molecule has 0 unspecified atom stereocenters. The predicted octanol–water partition coefficient (Wildman–Crippen LogP) is 11.5. The molecule has 0 amide bonds. The number of aromatic amines is 1. The molecule has 0 bridgehead atoms. The first-order valence-corrected chi connectivity index (χ1v) is 20.0. The third-order valence-corrected chi connectivity index (χ3v) is 11.6. The zero-order chi connectivity index (χ0) is 38.8. The molecule has 5 N–H and O–H groups in total. The van der Waals surface area contributed by atoms with Gasteiger partial charge in [0.1, 0.15) is 29.1 Å². The van der Waals surface area contributed by atoms with E-state index >= 15 is 0 Å². The number of hydrogen-bond acceptors (Lipinski definition) is 8. The average Bonchev–Trinajstić information content (AvgIpc) is 3.63. The van der Waals surface area contributed by atoms with Crippen molar-refractivity contribution < 1.29 is 20.4 Å². The number of nitriles is 1. The van der Waals surface area contributed by atoms with Crippen LogP contribution in [0.3, 0.4) is 0 Å². The second kappa shape index (κ2) is 20.4. The molecule has 0 radical (unpaired) electrons. The van der Waals surface area contributed by atoms with E-state index in [1.165, 1.54) is 11.1 Å². The Bertz CT molecular complexity index is 1770. The van der Waals surface area contributed by atoms with Crippen LogP contribution < -0.4 is 0 Å². The van der Waals surface area contributed by atoms with Crippen molar-refractivity contribution in [1.82, 2.24) is 20.6 Å². The number of nitrogens with zero attached hydrogens (tertiary/aromatic N) is 4. The van der Waals surface area contributed by atoms with E-state index < -0.39 is 0 Å². The molecule has 0 fully saturated rings. The molecular weight excluding hydrogens is 675 g/mol. The Morgan fingerprint density at radius 2 is 1.24 bits per heavy atom. The van der Waals surface area contributed by atoms with Crippen molar-refractivity contribution in [1.29, 1.82) is 5.26 Å². The summed E-state index contributed by atoms with van der Waals surface area (Å²) in [7, 11) is 0. The van der Waals surface area contributed by atoms with E-state index in [4.69, 9.17) is 0 Å². The van der Waals surface area contributed by atoms with Crippen molar-refractivity contribution in [3.63, 3.8) is 0 Å². The van der Waals surface area contributed by atoms with Gasteiger partial charge in [-0.25, -0.2) is 0 Å². The number of aryl methyl sites for hydroxylation is 2. The fourth-order valence-electron chi connectivity index (χ4n) is 8.54. The summed E-state index contributed by atoms with van der Waals surface area (Å²) in [5, 5.41) is 67.7. The molecule has 3 aromatic rings. The highest BCUT2D eigenvalue weighted by Gasteiger charge is 2.35. The van der Waals surface area contributed by atoms with E-state index in [0.717, 1.165) is 81.8 Å². The van der Waals surface area contributed by atoms with Crippen molar-refractivity contribution in [3.05, 3.63) is 63.2 Å². The maximum Gasteiger partial charge on any atom is 0.208 e. The van der Waals surface area contributed by atoms with Crippen molar-refractivity contribution in [2.45, 2.75) is 152 Å². The van der Waals surface area contributed by atoms with Crippen molar-refractivity contribution in [2.24, 2.45) is 23.7 Å². The van der Waals surface area contributed by atoms with Crippen LogP contribution in [0, 0.1) is 35.0 Å². The Kier molecular flexibility index (Phi) is 16.6. The van der Waals surface area contributed by atoms with Gasteiger partial charge in [-0.3, -0.25) is 0 Å². The SMILES string of the molecule is C.CCCCCc1cc(O)c([C@@H]2C=C(C)CC[C@H]2C(C)C)c(O)c1-c1nn[nH]n1.CCCCCc1cc(O)c([C@@H]2C=C(C)CC[C@H]2C(C)C)c(O)c1C#N. The highest BCUT2D eigenvalue weighted by atomic mass is 16.3. The summed E-state index contributed by atoms with van der Waals surface area (Å²) < 4.78 is 0. The van der Waals surface area contributed by atoms with Gasteiger partial charge >= 0.3 is 0 Å². The van der Waals surface area contributed by atoms with Crippen LogP contribution in [0.4, 0.5) is 0 Å². The smallest absolute Gasteiger partial charge is 0.208 e. The first-order chi connectivity index (χ1) is 25.3. The molecule has 1 aromatic heterocycles. The molecular formula is C45H67N5O4. The molecule has 5 rings (SSSR count). The summed E-state index contributed by atoms with van der Waals surface area (Å²) >= 11 is 0. The topological polar surface area (TPSA) is 159 Å². The Hall–Kier alpha value is -4.32. The minimum atomic E-state index is -0.0365. The number of allylic oxidation sites excluding steroid dienone is 4. The number of aromatic nitrogens is 4. The molecule has 2 aliphatic rings. The van der Waals surface area contributed by atoms with Gasteiger partial charge in [0, 0.05) is 23.0 Å². The zero-order valence-corrected chi connectivity index (χ0v) is 33.3. The number of tetrazole rings is 1. The maximum absolute atomic E-state index is 11.3. The highest BCUT2D eigenvalue weighted by molar-refractivity contribution is 5.73. The molecule has 9 nitrogen and oxygen atoms in total. The number of rotatable bonds is 13. The fraction of sp³-hybridized carbons (Fsp3) is 0.600. The fourth-order valence-corrected chi connectivity index (χ4v) is 8.54. The Morgan fingerprint density at radius 3 is 1.69 bits per heavy atom. The number of hydrogen-bond donors (Lipinski definition) is 5. The summed E-state index contributed by atoms with van der Waals surface area (Å²) in [6, 6.07) is 5.67. The third-order valence-electron chi connectivity index (χ3n) is 11.6.